The molecule has 1 amide bonds. The number of ketones is 1. The van der Waals surface area contributed by atoms with E-state index in [9.17, 15) is 28.3 Å². The van der Waals surface area contributed by atoms with Crippen molar-refractivity contribution in [2.24, 2.45) is 5.92 Å². The highest BCUT2D eigenvalue weighted by Crippen LogP contribution is 2.24. The Labute approximate surface area is 131 Å². The average Bonchev–Trinajstić information content (AvgIpc) is 2.47. The van der Waals surface area contributed by atoms with Crippen LogP contribution < -0.4 is 5.32 Å². The average molecular weight is 325 g/mol. The number of hydrogen-bond donors (Lipinski definition) is 2. The summed E-state index contributed by atoms with van der Waals surface area (Å²) in [7, 11) is 0. The van der Waals surface area contributed by atoms with Gasteiger partial charge in [0.2, 0.25) is 5.91 Å². The fraction of sp³-hybridized carbons (Fsp3) is 0.438. The number of nitrogens with one attached hydrogen (secondary N) is 1. The highest BCUT2D eigenvalue weighted by Gasteiger charge is 2.33. The molecule has 5 nitrogen and oxygen atoms in total. The molecule has 124 valence electrons. The Morgan fingerprint density at radius 2 is 2.09 bits per heavy atom. The second kappa shape index (κ2) is 7.30. The van der Waals surface area contributed by atoms with Crippen LogP contribution >= 0.6 is 0 Å². The summed E-state index contributed by atoms with van der Waals surface area (Å²) >= 11 is 0. The summed E-state index contributed by atoms with van der Waals surface area (Å²) in [5.41, 5.74) is -0.0206. The van der Waals surface area contributed by atoms with Gasteiger partial charge in [-0.3, -0.25) is 9.59 Å². The van der Waals surface area contributed by atoms with Gasteiger partial charge in [0.1, 0.15) is 23.5 Å². The van der Waals surface area contributed by atoms with E-state index < -0.39 is 41.9 Å². The minimum absolute atomic E-state index is 0.0206. The van der Waals surface area contributed by atoms with E-state index in [2.05, 4.69) is 5.32 Å². The number of carboxylic acid groups (broad SMARTS) is 1. The Kier molecular flexibility index (Phi) is 5.41. The van der Waals surface area contributed by atoms with E-state index >= 15 is 0 Å². The molecule has 2 rings (SSSR count). The number of aliphatic carboxylic acids is 1. The lowest BCUT2D eigenvalue weighted by Gasteiger charge is -2.27. The number of amides is 1. The molecule has 1 aromatic rings. The zero-order valence-electron chi connectivity index (χ0n) is 12.4. The highest BCUT2D eigenvalue weighted by atomic mass is 19.1. The van der Waals surface area contributed by atoms with Crippen LogP contribution in [0.3, 0.4) is 0 Å². The normalized spacial score (nSPS) is 19.2. The Hall–Kier alpha value is -2.31. The number of halogens is 2. The van der Waals surface area contributed by atoms with Gasteiger partial charge in [0.05, 0.1) is 6.42 Å². The van der Waals surface area contributed by atoms with E-state index in [1.807, 2.05) is 0 Å². The molecule has 0 aliphatic heterocycles. The summed E-state index contributed by atoms with van der Waals surface area (Å²) in [5.74, 6) is -4.00. The summed E-state index contributed by atoms with van der Waals surface area (Å²) < 4.78 is 26.4. The van der Waals surface area contributed by atoms with Crippen molar-refractivity contribution in [1.82, 2.24) is 5.32 Å². The largest absolute Gasteiger partial charge is 0.480 e. The molecule has 1 saturated carbocycles. The van der Waals surface area contributed by atoms with E-state index in [0.29, 0.717) is 25.3 Å². The van der Waals surface area contributed by atoms with E-state index in [0.717, 1.165) is 12.1 Å². The van der Waals surface area contributed by atoms with Gasteiger partial charge >= 0.3 is 5.97 Å². The first-order valence-corrected chi connectivity index (χ1v) is 7.34. The lowest BCUT2D eigenvalue weighted by atomic mass is 9.83. The van der Waals surface area contributed by atoms with Crippen molar-refractivity contribution in [3.8, 4) is 0 Å². The van der Waals surface area contributed by atoms with Gasteiger partial charge in [-0.25, -0.2) is 13.6 Å². The van der Waals surface area contributed by atoms with Crippen molar-refractivity contribution in [3.05, 3.63) is 35.4 Å². The molecule has 0 radical (unpaired) electrons. The van der Waals surface area contributed by atoms with Crippen LogP contribution in [-0.4, -0.2) is 28.8 Å². The Morgan fingerprint density at radius 3 is 2.70 bits per heavy atom. The predicted octanol–water partition coefficient (Wildman–Crippen LogP) is 1.84. The van der Waals surface area contributed by atoms with Crippen molar-refractivity contribution in [1.29, 1.82) is 0 Å². The predicted molar refractivity (Wildman–Crippen MR) is 76.6 cm³/mol. The number of carboxylic acids is 1. The number of Topliss-reactive ketones (excluding diaryl/α,β-unsaturated/α-hetero) is 1. The molecule has 23 heavy (non-hydrogen) atoms. The number of rotatable bonds is 5. The standard InChI is InChI=1S/C16H17F2NO4/c17-11-5-4-9(13(18)8-11)7-14(21)19-15(16(22)23)10-2-1-3-12(20)6-10/h4-5,8,10,15H,1-3,6-7H2,(H,19,21)(H,22,23)/t10-,15-/m1/s1. The topological polar surface area (TPSA) is 83.5 Å². The lowest BCUT2D eigenvalue weighted by Crippen LogP contribution is -2.47. The SMILES string of the molecule is O=C1CCC[C@@H]([C@@H](NC(=O)Cc2ccc(F)cc2F)C(=O)O)C1. The zero-order chi connectivity index (χ0) is 17.0. The number of carbonyl (C=O) groups excluding carboxylic acids is 2. The lowest BCUT2D eigenvalue weighted by molar-refractivity contribution is -0.144. The first-order valence-electron chi connectivity index (χ1n) is 7.34. The van der Waals surface area contributed by atoms with Gasteiger partial charge in [-0.15, -0.1) is 0 Å². The van der Waals surface area contributed by atoms with Crippen LogP contribution in [0.2, 0.25) is 0 Å². The molecule has 0 saturated heterocycles. The van der Waals surface area contributed by atoms with Gasteiger partial charge in [-0.1, -0.05) is 6.07 Å². The van der Waals surface area contributed by atoms with Gasteiger partial charge in [-0.05, 0) is 30.4 Å². The molecule has 0 bridgehead atoms. The summed E-state index contributed by atoms with van der Waals surface area (Å²) in [6.07, 6.45) is 1.28. The Bertz CT molecular complexity index is 633. The maximum atomic E-state index is 13.5. The smallest absolute Gasteiger partial charge is 0.326 e. The van der Waals surface area contributed by atoms with Crippen LogP contribution in [0.15, 0.2) is 18.2 Å². The second-order valence-electron chi connectivity index (χ2n) is 5.69. The summed E-state index contributed by atoms with van der Waals surface area (Å²) in [4.78, 5) is 34.8. The fourth-order valence-corrected chi connectivity index (χ4v) is 2.79. The van der Waals surface area contributed by atoms with Gasteiger partial charge < -0.3 is 10.4 Å². The molecule has 2 atom stereocenters. The molecule has 1 aliphatic carbocycles. The molecule has 0 heterocycles. The highest BCUT2D eigenvalue weighted by molar-refractivity contribution is 5.86. The second-order valence-corrected chi connectivity index (χ2v) is 5.69. The van der Waals surface area contributed by atoms with Crippen LogP contribution in [0.5, 0.6) is 0 Å². The van der Waals surface area contributed by atoms with Crippen molar-refractivity contribution in [2.45, 2.75) is 38.1 Å². The maximum absolute atomic E-state index is 13.5. The third kappa shape index (κ3) is 4.58. The molecular weight excluding hydrogens is 308 g/mol. The molecule has 7 heteroatoms. The van der Waals surface area contributed by atoms with Gasteiger partial charge in [0.25, 0.3) is 0 Å². The summed E-state index contributed by atoms with van der Waals surface area (Å²) in [6.45, 7) is 0. The number of benzene rings is 1. The zero-order valence-corrected chi connectivity index (χ0v) is 12.4. The fourth-order valence-electron chi connectivity index (χ4n) is 2.79. The van der Waals surface area contributed by atoms with Gasteiger partial charge in [0.15, 0.2) is 0 Å². The minimum Gasteiger partial charge on any atom is -0.480 e. The van der Waals surface area contributed by atoms with Crippen molar-refractivity contribution < 1.29 is 28.3 Å². The van der Waals surface area contributed by atoms with Crippen LogP contribution in [-0.2, 0) is 20.8 Å². The quantitative estimate of drug-likeness (QED) is 0.865. The summed E-state index contributed by atoms with van der Waals surface area (Å²) in [5, 5.41) is 11.6. The number of hydrogen-bond acceptors (Lipinski definition) is 3. The maximum Gasteiger partial charge on any atom is 0.326 e. The molecule has 0 aromatic heterocycles. The molecule has 1 aromatic carbocycles. The van der Waals surface area contributed by atoms with Crippen molar-refractivity contribution >= 4 is 17.7 Å². The first kappa shape index (κ1) is 17.1. The Morgan fingerprint density at radius 1 is 1.35 bits per heavy atom. The minimum atomic E-state index is -1.22. The number of carbonyl (C=O) groups is 3. The van der Waals surface area contributed by atoms with E-state index in [-0.39, 0.29) is 17.8 Å². The van der Waals surface area contributed by atoms with E-state index in [1.54, 1.807) is 0 Å². The molecular formula is C16H17F2NO4. The molecule has 2 N–H and O–H groups in total. The van der Waals surface area contributed by atoms with Crippen molar-refractivity contribution in [2.75, 3.05) is 0 Å². The Balaban J connectivity index is 2.03. The monoisotopic (exact) mass is 325 g/mol. The van der Waals surface area contributed by atoms with Crippen LogP contribution in [0, 0.1) is 17.6 Å². The molecule has 0 unspecified atom stereocenters. The van der Waals surface area contributed by atoms with Crippen LogP contribution in [0.25, 0.3) is 0 Å². The van der Waals surface area contributed by atoms with E-state index in [1.165, 1.54) is 0 Å². The van der Waals surface area contributed by atoms with Gasteiger partial charge in [0, 0.05) is 18.9 Å². The summed E-state index contributed by atoms with van der Waals surface area (Å²) in [6, 6.07) is 1.65. The third-order valence-corrected chi connectivity index (χ3v) is 3.94. The van der Waals surface area contributed by atoms with Crippen molar-refractivity contribution in [3.63, 3.8) is 0 Å². The van der Waals surface area contributed by atoms with Gasteiger partial charge in [-0.2, -0.15) is 0 Å². The van der Waals surface area contributed by atoms with Crippen LogP contribution in [0.1, 0.15) is 31.2 Å². The first-order chi connectivity index (χ1) is 10.9. The van der Waals surface area contributed by atoms with Crippen LogP contribution in [0.4, 0.5) is 8.78 Å². The molecule has 1 aliphatic rings. The van der Waals surface area contributed by atoms with E-state index in [4.69, 9.17) is 0 Å². The molecule has 1 fully saturated rings. The molecule has 0 spiro atoms. The third-order valence-electron chi connectivity index (χ3n) is 3.94.